The highest BCUT2D eigenvalue weighted by Crippen LogP contribution is 2.15. The molecule has 21 heavy (non-hydrogen) atoms. The fourth-order valence-electron chi connectivity index (χ4n) is 1.72. The number of ether oxygens (including phenoxy) is 1. The first-order valence-corrected chi connectivity index (χ1v) is 7.51. The Morgan fingerprint density at radius 2 is 1.71 bits per heavy atom. The Bertz CT molecular complexity index is 460. The van der Waals surface area contributed by atoms with E-state index in [1.165, 1.54) is 7.11 Å². The molecule has 0 radical (unpaired) electrons. The van der Waals surface area contributed by atoms with E-state index in [1.807, 2.05) is 17.0 Å². The lowest BCUT2D eigenvalue weighted by Crippen LogP contribution is -2.30. The van der Waals surface area contributed by atoms with Crippen LogP contribution in [0.1, 0.15) is 10.4 Å². The van der Waals surface area contributed by atoms with Crippen LogP contribution in [0.2, 0.25) is 0 Å². The predicted octanol–water partition coefficient (Wildman–Crippen LogP) is 1.87. The topological polar surface area (TPSA) is 58.6 Å². The number of alkyl halides is 2. The van der Waals surface area contributed by atoms with Gasteiger partial charge in [-0.05, 0) is 24.3 Å². The van der Waals surface area contributed by atoms with Crippen molar-refractivity contribution in [3.63, 3.8) is 0 Å². The van der Waals surface area contributed by atoms with Crippen molar-refractivity contribution in [2.24, 2.45) is 0 Å². The van der Waals surface area contributed by atoms with Crippen LogP contribution in [0.15, 0.2) is 24.3 Å². The zero-order valence-electron chi connectivity index (χ0n) is 11.8. The van der Waals surface area contributed by atoms with Crippen LogP contribution in [-0.4, -0.2) is 50.4 Å². The molecule has 0 atom stereocenters. The lowest BCUT2D eigenvalue weighted by atomic mass is 10.2. The maximum atomic E-state index is 11.8. The molecule has 0 aliphatic heterocycles. The van der Waals surface area contributed by atoms with Crippen molar-refractivity contribution in [3.8, 4) is 0 Å². The summed E-state index contributed by atoms with van der Waals surface area (Å²) >= 11 is 11.5. The average molecular weight is 333 g/mol. The third kappa shape index (κ3) is 5.81. The molecule has 0 saturated carbocycles. The molecule has 0 unspecified atom stereocenters. The van der Waals surface area contributed by atoms with Crippen LogP contribution in [-0.2, 0) is 9.53 Å². The summed E-state index contributed by atoms with van der Waals surface area (Å²) in [5.74, 6) is 0.180. The fourth-order valence-corrected chi connectivity index (χ4v) is 2.13. The molecule has 116 valence electrons. The molecule has 0 aromatic heterocycles. The summed E-state index contributed by atoms with van der Waals surface area (Å²) < 4.78 is 4.46. The van der Waals surface area contributed by atoms with Gasteiger partial charge in [0.1, 0.15) is 6.54 Å². The maximum absolute atomic E-state index is 11.8. The molecule has 5 nitrogen and oxygen atoms in total. The zero-order chi connectivity index (χ0) is 15.7. The first-order chi connectivity index (χ1) is 10.1. The molecule has 0 aliphatic rings. The van der Waals surface area contributed by atoms with Gasteiger partial charge in [0.25, 0.3) is 5.91 Å². The minimum Gasteiger partial charge on any atom is -0.468 e. The number of hydrogen-bond acceptors (Lipinski definition) is 4. The minimum atomic E-state index is -0.490. The summed E-state index contributed by atoms with van der Waals surface area (Å²) in [5.41, 5.74) is 1.42. The van der Waals surface area contributed by atoms with Crippen LogP contribution in [0.5, 0.6) is 0 Å². The Balaban J connectivity index is 2.67. The van der Waals surface area contributed by atoms with Crippen molar-refractivity contribution < 1.29 is 14.3 Å². The van der Waals surface area contributed by atoms with E-state index in [0.29, 0.717) is 30.4 Å². The third-order valence-corrected chi connectivity index (χ3v) is 3.16. The van der Waals surface area contributed by atoms with Crippen molar-refractivity contribution in [2.75, 3.05) is 43.4 Å². The molecule has 0 heterocycles. The van der Waals surface area contributed by atoms with Gasteiger partial charge >= 0.3 is 5.97 Å². The van der Waals surface area contributed by atoms with Gasteiger partial charge in [0.05, 0.1) is 7.11 Å². The van der Waals surface area contributed by atoms with E-state index in [9.17, 15) is 9.59 Å². The zero-order valence-corrected chi connectivity index (χ0v) is 13.3. The second-order valence-electron chi connectivity index (χ2n) is 4.17. The highest BCUT2D eigenvalue weighted by atomic mass is 35.5. The second-order valence-corrected chi connectivity index (χ2v) is 4.93. The number of hydrogen-bond donors (Lipinski definition) is 1. The number of rotatable bonds is 8. The van der Waals surface area contributed by atoms with E-state index >= 15 is 0 Å². The van der Waals surface area contributed by atoms with E-state index in [0.717, 1.165) is 5.69 Å². The van der Waals surface area contributed by atoms with Crippen LogP contribution in [0.4, 0.5) is 5.69 Å². The van der Waals surface area contributed by atoms with E-state index in [4.69, 9.17) is 23.2 Å². The number of amides is 1. The molecule has 1 aromatic carbocycles. The van der Waals surface area contributed by atoms with Gasteiger partial charge in [-0.2, -0.15) is 0 Å². The van der Waals surface area contributed by atoms with Crippen LogP contribution in [0, 0.1) is 0 Å². The van der Waals surface area contributed by atoms with Gasteiger partial charge < -0.3 is 15.0 Å². The molecule has 0 saturated heterocycles. The Morgan fingerprint density at radius 3 is 2.19 bits per heavy atom. The van der Waals surface area contributed by atoms with Crippen molar-refractivity contribution in [3.05, 3.63) is 29.8 Å². The van der Waals surface area contributed by atoms with Gasteiger partial charge in [-0.1, -0.05) is 0 Å². The smallest absolute Gasteiger partial charge is 0.325 e. The normalized spacial score (nSPS) is 10.0. The van der Waals surface area contributed by atoms with Crippen LogP contribution in [0.25, 0.3) is 0 Å². The summed E-state index contributed by atoms with van der Waals surface area (Å²) in [4.78, 5) is 24.8. The lowest BCUT2D eigenvalue weighted by molar-refractivity contribution is -0.139. The largest absolute Gasteiger partial charge is 0.468 e. The predicted molar refractivity (Wildman–Crippen MR) is 84.4 cm³/mol. The van der Waals surface area contributed by atoms with Crippen molar-refractivity contribution in [1.29, 1.82) is 0 Å². The molecule has 1 rings (SSSR count). The number of nitrogens with zero attached hydrogens (tertiary/aromatic N) is 1. The Labute approximate surface area is 134 Å². The molecule has 0 spiro atoms. The van der Waals surface area contributed by atoms with Crippen LogP contribution in [0.3, 0.4) is 0 Å². The standard InChI is InChI=1S/C14H18Cl2N2O3/c1-21-13(19)10-17-14(20)11-2-4-12(5-3-11)18(8-6-15)9-7-16/h2-5H,6-10H2,1H3,(H,17,20). The number of methoxy groups -OCH3 is 1. The molecule has 0 aliphatic carbocycles. The summed E-state index contributed by atoms with van der Waals surface area (Å²) in [6.45, 7) is 1.21. The number of carbonyl (C=O) groups is 2. The molecule has 1 amide bonds. The number of nitrogens with one attached hydrogen (secondary N) is 1. The molecule has 7 heteroatoms. The number of esters is 1. The summed E-state index contributed by atoms with van der Waals surface area (Å²) in [7, 11) is 1.27. The molecular weight excluding hydrogens is 315 g/mol. The van der Waals surface area contributed by atoms with Gasteiger partial charge in [0, 0.05) is 36.1 Å². The Morgan fingerprint density at radius 1 is 1.14 bits per heavy atom. The number of benzene rings is 1. The summed E-state index contributed by atoms with van der Waals surface area (Å²) in [6, 6.07) is 7.03. The van der Waals surface area contributed by atoms with Gasteiger partial charge in [0.2, 0.25) is 0 Å². The molecule has 1 N–H and O–H groups in total. The number of halogens is 2. The number of anilines is 1. The van der Waals surface area contributed by atoms with Crippen LogP contribution >= 0.6 is 23.2 Å². The number of carbonyl (C=O) groups excluding carboxylic acids is 2. The van der Waals surface area contributed by atoms with E-state index in [2.05, 4.69) is 10.1 Å². The van der Waals surface area contributed by atoms with Crippen molar-refractivity contribution in [1.82, 2.24) is 5.32 Å². The first-order valence-electron chi connectivity index (χ1n) is 6.44. The Kier molecular flexibility index (Phi) is 7.93. The third-order valence-electron chi connectivity index (χ3n) is 2.82. The van der Waals surface area contributed by atoms with E-state index < -0.39 is 5.97 Å². The molecule has 0 fully saturated rings. The van der Waals surface area contributed by atoms with Crippen molar-refractivity contribution >= 4 is 40.8 Å². The van der Waals surface area contributed by atoms with Gasteiger partial charge in [-0.3, -0.25) is 9.59 Å². The van der Waals surface area contributed by atoms with Gasteiger partial charge in [0.15, 0.2) is 0 Å². The quantitative estimate of drug-likeness (QED) is 0.583. The monoisotopic (exact) mass is 332 g/mol. The maximum Gasteiger partial charge on any atom is 0.325 e. The summed E-state index contributed by atoms with van der Waals surface area (Å²) in [6.07, 6.45) is 0. The highest BCUT2D eigenvalue weighted by molar-refractivity contribution is 6.18. The fraction of sp³-hybridized carbons (Fsp3) is 0.429. The lowest BCUT2D eigenvalue weighted by Gasteiger charge is -2.22. The molecular formula is C14H18Cl2N2O3. The average Bonchev–Trinajstić information content (AvgIpc) is 2.52. The van der Waals surface area contributed by atoms with Gasteiger partial charge in [-0.15, -0.1) is 23.2 Å². The summed E-state index contributed by atoms with van der Waals surface area (Å²) in [5, 5.41) is 2.48. The van der Waals surface area contributed by atoms with E-state index in [-0.39, 0.29) is 12.5 Å². The van der Waals surface area contributed by atoms with E-state index in [1.54, 1.807) is 12.1 Å². The molecule has 1 aromatic rings. The first kappa shape index (κ1) is 17.6. The molecule has 0 bridgehead atoms. The minimum absolute atomic E-state index is 0.151. The Hall–Kier alpha value is -1.46. The van der Waals surface area contributed by atoms with Crippen molar-refractivity contribution in [2.45, 2.75) is 0 Å². The highest BCUT2D eigenvalue weighted by Gasteiger charge is 2.10. The van der Waals surface area contributed by atoms with Gasteiger partial charge in [-0.25, -0.2) is 0 Å². The SMILES string of the molecule is COC(=O)CNC(=O)c1ccc(N(CCCl)CCCl)cc1. The second kappa shape index (κ2) is 9.47. The van der Waals surface area contributed by atoms with Crippen LogP contribution < -0.4 is 10.2 Å².